The molecule has 2 aromatic rings. The number of hydrogen-bond donors (Lipinski definition) is 2. The van der Waals surface area contributed by atoms with E-state index in [0.29, 0.717) is 28.9 Å². The smallest absolute Gasteiger partial charge is 0.235 e. The number of benzene rings is 1. The molecule has 2 amide bonds. The second-order valence-electron chi connectivity index (χ2n) is 10.2. The number of halogens is 3. The molecule has 3 saturated heterocycles. The Kier molecular flexibility index (Phi) is 9.18. The molecule has 0 radical (unpaired) electrons. The fraction of sp³-hybridized carbons (Fsp3) is 0.640. The van der Waals surface area contributed by atoms with E-state index in [-0.39, 0.29) is 54.8 Å². The third-order valence-corrected chi connectivity index (χ3v) is 8.06. The number of hydrogen-bond acceptors (Lipinski definition) is 5. The molecule has 35 heavy (non-hydrogen) atoms. The Hall–Kier alpha value is -1.74. The molecule has 0 saturated carbocycles. The zero-order chi connectivity index (χ0) is 23.1. The number of likely N-dealkylation sites (tertiary alicyclic amines) is 1. The van der Waals surface area contributed by atoms with Crippen molar-refractivity contribution in [3.8, 4) is 0 Å². The van der Waals surface area contributed by atoms with E-state index in [9.17, 15) is 9.59 Å². The lowest BCUT2D eigenvalue weighted by molar-refractivity contribution is -0.134. The normalized spacial score (nSPS) is 26.2. The molecule has 3 atom stereocenters. The van der Waals surface area contributed by atoms with Gasteiger partial charge in [0.1, 0.15) is 5.52 Å². The van der Waals surface area contributed by atoms with Crippen LogP contribution in [0.1, 0.15) is 62.1 Å². The van der Waals surface area contributed by atoms with Gasteiger partial charge in [-0.1, -0.05) is 19.1 Å². The minimum atomic E-state index is -0.516. The number of carbonyl (C=O) groups is 2. The van der Waals surface area contributed by atoms with Gasteiger partial charge in [0.05, 0.1) is 11.6 Å². The van der Waals surface area contributed by atoms with Gasteiger partial charge in [0.2, 0.25) is 11.8 Å². The van der Waals surface area contributed by atoms with Crippen molar-refractivity contribution in [2.75, 3.05) is 32.7 Å². The molecule has 2 N–H and O–H groups in total. The highest BCUT2D eigenvalue weighted by Crippen LogP contribution is 2.37. The lowest BCUT2D eigenvalue weighted by Gasteiger charge is -2.38. The quantitative estimate of drug-likeness (QED) is 0.594. The number of imide groups is 1. The van der Waals surface area contributed by atoms with Crippen molar-refractivity contribution in [3.05, 3.63) is 29.2 Å². The van der Waals surface area contributed by atoms with Gasteiger partial charge in [0.25, 0.3) is 0 Å². The predicted molar refractivity (Wildman–Crippen MR) is 139 cm³/mol. The van der Waals surface area contributed by atoms with E-state index >= 15 is 4.39 Å². The Bertz CT molecular complexity index is 1070. The second kappa shape index (κ2) is 11.5. The van der Waals surface area contributed by atoms with Crippen LogP contribution in [0.3, 0.4) is 0 Å². The molecule has 4 heterocycles. The Labute approximate surface area is 218 Å². The van der Waals surface area contributed by atoms with Crippen LogP contribution >= 0.6 is 24.8 Å². The largest absolute Gasteiger partial charge is 0.316 e. The van der Waals surface area contributed by atoms with Gasteiger partial charge in [0.15, 0.2) is 5.82 Å². The fourth-order valence-corrected chi connectivity index (χ4v) is 5.99. The van der Waals surface area contributed by atoms with Gasteiger partial charge in [-0.3, -0.25) is 19.6 Å². The SMILES string of the molecule is C[C@H]1CNCC[C@H]1CN1CCC(c2ccc3c(C4CCC(=O)NC4=O)nn(C)c3c2F)CC1.Cl.Cl. The number of nitrogens with zero attached hydrogens (tertiary/aromatic N) is 3. The first-order valence-corrected chi connectivity index (χ1v) is 12.3. The van der Waals surface area contributed by atoms with Gasteiger partial charge in [-0.15, -0.1) is 24.8 Å². The average Bonchev–Trinajstić information content (AvgIpc) is 3.13. The summed E-state index contributed by atoms with van der Waals surface area (Å²) in [4.78, 5) is 26.4. The lowest BCUT2D eigenvalue weighted by Crippen LogP contribution is -2.43. The minimum Gasteiger partial charge on any atom is -0.316 e. The molecule has 0 bridgehead atoms. The van der Waals surface area contributed by atoms with E-state index in [1.54, 1.807) is 11.7 Å². The van der Waals surface area contributed by atoms with E-state index < -0.39 is 5.92 Å². The predicted octanol–water partition coefficient (Wildman–Crippen LogP) is 3.50. The van der Waals surface area contributed by atoms with Gasteiger partial charge in [-0.25, -0.2) is 4.39 Å². The fourth-order valence-electron chi connectivity index (χ4n) is 5.99. The van der Waals surface area contributed by atoms with Crippen molar-refractivity contribution in [3.63, 3.8) is 0 Å². The summed E-state index contributed by atoms with van der Waals surface area (Å²) in [6, 6.07) is 3.81. The number of rotatable bonds is 4. The van der Waals surface area contributed by atoms with Crippen LogP contribution < -0.4 is 10.6 Å². The summed E-state index contributed by atoms with van der Waals surface area (Å²) in [5.74, 6) is 0.321. The van der Waals surface area contributed by atoms with Crippen molar-refractivity contribution in [2.45, 2.75) is 50.9 Å². The molecule has 1 unspecified atom stereocenters. The first-order chi connectivity index (χ1) is 15.9. The maximum absolute atomic E-state index is 15.7. The van der Waals surface area contributed by atoms with E-state index in [1.165, 1.54) is 6.42 Å². The van der Waals surface area contributed by atoms with Gasteiger partial charge >= 0.3 is 0 Å². The monoisotopic (exact) mass is 527 g/mol. The minimum absolute atomic E-state index is 0. The van der Waals surface area contributed by atoms with Crippen LogP contribution in [0.4, 0.5) is 4.39 Å². The lowest BCUT2D eigenvalue weighted by atomic mass is 9.85. The molecule has 0 aliphatic carbocycles. The maximum atomic E-state index is 15.7. The third kappa shape index (κ3) is 5.50. The summed E-state index contributed by atoms with van der Waals surface area (Å²) in [7, 11) is 1.73. The highest BCUT2D eigenvalue weighted by atomic mass is 35.5. The third-order valence-electron chi connectivity index (χ3n) is 8.06. The number of aromatic nitrogens is 2. The first-order valence-electron chi connectivity index (χ1n) is 12.3. The average molecular weight is 529 g/mol. The van der Waals surface area contributed by atoms with Crippen molar-refractivity contribution in [1.29, 1.82) is 0 Å². The van der Waals surface area contributed by atoms with Crippen LogP contribution in [0.5, 0.6) is 0 Å². The molecule has 0 spiro atoms. The second-order valence-corrected chi connectivity index (χ2v) is 10.2. The van der Waals surface area contributed by atoms with Gasteiger partial charge in [0, 0.05) is 25.4 Å². The molecular formula is C25H36Cl2FN5O2. The van der Waals surface area contributed by atoms with Crippen molar-refractivity contribution in [2.24, 2.45) is 18.9 Å². The van der Waals surface area contributed by atoms with Crippen LogP contribution in [-0.2, 0) is 16.6 Å². The first kappa shape index (κ1) is 27.8. The zero-order valence-corrected chi connectivity index (χ0v) is 22.0. The van der Waals surface area contributed by atoms with E-state index in [4.69, 9.17) is 0 Å². The van der Waals surface area contributed by atoms with Gasteiger partial charge < -0.3 is 10.2 Å². The Balaban J connectivity index is 0.00000171. The van der Waals surface area contributed by atoms with Crippen LogP contribution in [0.25, 0.3) is 10.9 Å². The summed E-state index contributed by atoms with van der Waals surface area (Å²) in [5.41, 5.74) is 1.78. The Morgan fingerprint density at radius 2 is 1.86 bits per heavy atom. The van der Waals surface area contributed by atoms with Gasteiger partial charge in [-0.2, -0.15) is 5.10 Å². The van der Waals surface area contributed by atoms with Crippen LogP contribution in [-0.4, -0.2) is 59.2 Å². The summed E-state index contributed by atoms with van der Waals surface area (Å²) in [5, 5.41) is 11.0. The summed E-state index contributed by atoms with van der Waals surface area (Å²) in [6.07, 6.45) is 3.85. The molecule has 10 heteroatoms. The Morgan fingerprint density at radius 1 is 1.11 bits per heavy atom. The maximum Gasteiger partial charge on any atom is 0.235 e. The van der Waals surface area contributed by atoms with Gasteiger partial charge in [-0.05, 0) is 75.2 Å². The molecule has 7 nitrogen and oxygen atoms in total. The molecule has 194 valence electrons. The molecule has 1 aromatic heterocycles. The summed E-state index contributed by atoms with van der Waals surface area (Å²) >= 11 is 0. The number of fused-ring (bicyclic) bond motifs is 1. The Morgan fingerprint density at radius 3 is 2.54 bits per heavy atom. The molecule has 3 fully saturated rings. The number of amides is 2. The summed E-state index contributed by atoms with van der Waals surface area (Å²) in [6.45, 7) is 7.72. The zero-order valence-electron chi connectivity index (χ0n) is 20.4. The highest BCUT2D eigenvalue weighted by Gasteiger charge is 2.33. The highest BCUT2D eigenvalue weighted by molar-refractivity contribution is 6.02. The topological polar surface area (TPSA) is 79.3 Å². The molecule has 3 aliphatic heterocycles. The molecule has 5 rings (SSSR count). The van der Waals surface area contributed by atoms with E-state index in [2.05, 4.69) is 27.6 Å². The van der Waals surface area contributed by atoms with Crippen LogP contribution in [0.15, 0.2) is 12.1 Å². The van der Waals surface area contributed by atoms with Crippen molar-refractivity contribution >= 4 is 47.5 Å². The van der Waals surface area contributed by atoms with Crippen LogP contribution in [0.2, 0.25) is 0 Å². The molecule has 3 aliphatic rings. The number of nitrogens with one attached hydrogen (secondary N) is 2. The van der Waals surface area contributed by atoms with E-state index in [0.717, 1.165) is 57.0 Å². The summed E-state index contributed by atoms with van der Waals surface area (Å²) < 4.78 is 17.3. The number of carbonyl (C=O) groups excluding carboxylic acids is 2. The number of piperidine rings is 3. The number of aryl methyl sites for hydroxylation is 1. The van der Waals surface area contributed by atoms with E-state index in [1.807, 2.05) is 12.1 Å². The molecular weight excluding hydrogens is 492 g/mol. The standard InChI is InChI=1S/C25H34FN5O2.2ClH/c1-15-13-27-10-7-17(15)14-31-11-8-16(9-12-31)18-3-4-19-23(29-30(2)24(19)22(18)26)20-5-6-21(32)28-25(20)33;;/h3-4,15-17,20,27H,5-14H2,1-2H3,(H,28,32,33);2*1H/t15-,17-,20?;;/m0../s1. The van der Waals surface area contributed by atoms with Crippen molar-refractivity contribution in [1.82, 2.24) is 25.3 Å². The van der Waals surface area contributed by atoms with Crippen LogP contribution in [0, 0.1) is 17.7 Å². The molecule has 1 aromatic carbocycles. The van der Waals surface area contributed by atoms with Crippen molar-refractivity contribution < 1.29 is 14.0 Å².